The number of pyridine rings is 1. The van der Waals surface area contributed by atoms with Crippen molar-refractivity contribution in [2.75, 3.05) is 20.1 Å². The molecule has 0 aliphatic carbocycles. The molecule has 3 nitrogen and oxygen atoms in total. The summed E-state index contributed by atoms with van der Waals surface area (Å²) in [6.45, 7) is 1.37. The zero-order chi connectivity index (χ0) is 15.2. The van der Waals surface area contributed by atoms with Crippen molar-refractivity contribution in [2.24, 2.45) is 5.73 Å². The third kappa shape index (κ3) is 4.33. The normalized spacial score (nSPS) is 12.6. The maximum atomic E-state index is 13.3. The van der Waals surface area contributed by atoms with E-state index in [4.69, 9.17) is 5.73 Å². The topological polar surface area (TPSA) is 42.2 Å². The summed E-state index contributed by atoms with van der Waals surface area (Å²) in [6, 6.07) is 9.16. The molecule has 0 bridgehead atoms. The molecule has 5 heteroatoms. The highest BCUT2D eigenvalue weighted by Gasteiger charge is 2.16. The lowest BCUT2D eigenvalue weighted by molar-refractivity contribution is 0.253. The number of halogens is 2. The van der Waals surface area contributed by atoms with Gasteiger partial charge in [-0.05, 0) is 64.8 Å². The number of hydrogen-bond donors (Lipinski definition) is 1. The number of aromatic nitrogens is 1. The lowest BCUT2D eigenvalue weighted by Crippen LogP contribution is -2.32. The van der Waals surface area contributed by atoms with Crippen molar-refractivity contribution in [3.63, 3.8) is 0 Å². The summed E-state index contributed by atoms with van der Waals surface area (Å²) in [4.78, 5) is 6.21. The van der Waals surface area contributed by atoms with Crippen molar-refractivity contribution in [3.05, 3.63) is 64.1 Å². The monoisotopic (exact) mass is 351 g/mol. The largest absolute Gasteiger partial charge is 0.329 e. The van der Waals surface area contributed by atoms with Gasteiger partial charge in [-0.2, -0.15) is 0 Å². The van der Waals surface area contributed by atoms with E-state index in [-0.39, 0.29) is 11.9 Å². The predicted octanol–water partition coefficient (Wildman–Crippen LogP) is 3.16. The molecule has 0 spiro atoms. The first kappa shape index (κ1) is 16.1. The molecule has 2 aromatic rings. The quantitative estimate of drug-likeness (QED) is 0.869. The number of nitrogens with zero attached hydrogens (tertiary/aromatic N) is 2. The molecule has 1 aromatic carbocycles. The Bertz CT molecular complexity index is 577. The van der Waals surface area contributed by atoms with Crippen molar-refractivity contribution in [3.8, 4) is 0 Å². The fourth-order valence-electron chi connectivity index (χ4n) is 2.30. The third-order valence-electron chi connectivity index (χ3n) is 3.59. The summed E-state index contributed by atoms with van der Waals surface area (Å²) in [7, 11) is 2.04. The number of rotatable bonds is 6. The van der Waals surface area contributed by atoms with Gasteiger partial charge >= 0.3 is 0 Å². The molecule has 0 radical (unpaired) electrons. The lowest BCUT2D eigenvalue weighted by atomic mass is 10.0. The van der Waals surface area contributed by atoms with Gasteiger partial charge in [0.2, 0.25) is 0 Å². The molecule has 0 aliphatic rings. The molecule has 1 unspecified atom stereocenters. The van der Waals surface area contributed by atoms with E-state index in [0.29, 0.717) is 11.0 Å². The van der Waals surface area contributed by atoms with Gasteiger partial charge in [0, 0.05) is 31.5 Å². The Morgan fingerprint density at radius 2 is 2.00 bits per heavy atom. The molecule has 2 rings (SSSR count). The second-order valence-corrected chi connectivity index (χ2v) is 5.87. The van der Waals surface area contributed by atoms with E-state index in [1.807, 2.05) is 19.2 Å². The number of nitrogens with two attached hydrogens (primary N) is 1. The van der Waals surface area contributed by atoms with E-state index in [2.05, 4.69) is 25.8 Å². The zero-order valence-electron chi connectivity index (χ0n) is 12.0. The van der Waals surface area contributed by atoms with Gasteiger partial charge in [0.1, 0.15) is 5.82 Å². The van der Waals surface area contributed by atoms with Gasteiger partial charge in [-0.1, -0.05) is 6.07 Å². The molecule has 0 fully saturated rings. The van der Waals surface area contributed by atoms with Crippen LogP contribution < -0.4 is 5.73 Å². The minimum absolute atomic E-state index is 0.0729. The molecule has 21 heavy (non-hydrogen) atoms. The predicted molar refractivity (Wildman–Crippen MR) is 86.5 cm³/mol. The minimum atomic E-state index is -0.256. The van der Waals surface area contributed by atoms with Crippen LogP contribution in [0.15, 0.2) is 47.2 Å². The Hall–Kier alpha value is -1.30. The standard InChI is InChI=1S/C16H19BrFN3/c1-21(9-6-12-4-7-20-8-5-12)16(11-19)13-2-3-15(18)14(17)10-13/h2-5,7-8,10,16H,6,9,11,19H2,1H3. The highest BCUT2D eigenvalue weighted by Crippen LogP contribution is 2.24. The van der Waals surface area contributed by atoms with Gasteiger partial charge < -0.3 is 5.73 Å². The average molecular weight is 352 g/mol. The van der Waals surface area contributed by atoms with Crippen LogP contribution in [0, 0.1) is 5.82 Å². The molecule has 0 aliphatic heterocycles. The van der Waals surface area contributed by atoms with Gasteiger partial charge in [-0.15, -0.1) is 0 Å². The first-order valence-electron chi connectivity index (χ1n) is 6.86. The van der Waals surface area contributed by atoms with Crippen LogP contribution in [0.2, 0.25) is 0 Å². The first-order chi connectivity index (χ1) is 10.1. The Labute approximate surface area is 133 Å². The minimum Gasteiger partial charge on any atom is -0.329 e. The smallest absolute Gasteiger partial charge is 0.137 e. The number of hydrogen-bond acceptors (Lipinski definition) is 3. The molecular weight excluding hydrogens is 333 g/mol. The molecular formula is C16H19BrFN3. The summed E-state index contributed by atoms with van der Waals surface area (Å²) < 4.78 is 13.8. The van der Waals surface area contributed by atoms with Gasteiger partial charge in [-0.25, -0.2) is 4.39 Å². The van der Waals surface area contributed by atoms with Crippen LogP contribution in [-0.4, -0.2) is 30.0 Å². The number of likely N-dealkylation sites (N-methyl/N-ethyl adjacent to an activating group) is 1. The molecule has 1 heterocycles. The molecule has 1 aromatic heterocycles. The molecule has 112 valence electrons. The Balaban J connectivity index is 2.04. The van der Waals surface area contributed by atoms with Gasteiger partial charge in [0.15, 0.2) is 0 Å². The van der Waals surface area contributed by atoms with Crippen LogP contribution in [0.4, 0.5) is 4.39 Å². The third-order valence-corrected chi connectivity index (χ3v) is 4.19. The summed E-state index contributed by atoms with van der Waals surface area (Å²) in [6.07, 6.45) is 4.53. The maximum Gasteiger partial charge on any atom is 0.137 e. The van der Waals surface area contributed by atoms with Crippen molar-refractivity contribution < 1.29 is 4.39 Å². The highest BCUT2D eigenvalue weighted by molar-refractivity contribution is 9.10. The van der Waals surface area contributed by atoms with Crippen LogP contribution in [-0.2, 0) is 6.42 Å². The SMILES string of the molecule is CN(CCc1ccncc1)C(CN)c1ccc(F)c(Br)c1. The van der Waals surface area contributed by atoms with E-state index < -0.39 is 0 Å². The number of benzene rings is 1. The van der Waals surface area contributed by atoms with Gasteiger partial charge in [0.05, 0.1) is 4.47 Å². The highest BCUT2D eigenvalue weighted by atomic mass is 79.9. The van der Waals surface area contributed by atoms with Crippen LogP contribution >= 0.6 is 15.9 Å². The van der Waals surface area contributed by atoms with Crippen LogP contribution in [0.3, 0.4) is 0 Å². The van der Waals surface area contributed by atoms with Crippen molar-refractivity contribution in [1.82, 2.24) is 9.88 Å². The van der Waals surface area contributed by atoms with E-state index in [1.165, 1.54) is 11.6 Å². The summed E-state index contributed by atoms with van der Waals surface area (Å²) in [5.41, 5.74) is 8.16. The Kier molecular flexibility index (Phi) is 5.85. The van der Waals surface area contributed by atoms with Gasteiger partial charge in [-0.3, -0.25) is 9.88 Å². The summed E-state index contributed by atoms with van der Waals surface area (Å²) in [5.74, 6) is -0.256. The van der Waals surface area contributed by atoms with Crippen LogP contribution in [0.1, 0.15) is 17.2 Å². The Morgan fingerprint density at radius 3 is 2.62 bits per heavy atom. The second kappa shape index (κ2) is 7.64. The molecule has 0 saturated heterocycles. The average Bonchev–Trinajstić information content (AvgIpc) is 2.50. The van der Waals surface area contributed by atoms with Crippen LogP contribution in [0.5, 0.6) is 0 Å². The molecule has 0 saturated carbocycles. The van der Waals surface area contributed by atoms with Crippen molar-refractivity contribution in [2.45, 2.75) is 12.5 Å². The zero-order valence-corrected chi connectivity index (χ0v) is 13.6. The first-order valence-corrected chi connectivity index (χ1v) is 7.65. The Morgan fingerprint density at radius 1 is 1.29 bits per heavy atom. The second-order valence-electron chi connectivity index (χ2n) is 5.01. The molecule has 1 atom stereocenters. The summed E-state index contributed by atoms with van der Waals surface area (Å²) in [5, 5.41) is 0. The summed E-state index contributed by atoms with van der Waals surface area (Å²) >= 11 is 3.23. The molecule has 0 amide bonds. The van der Waals surface area contributed by atoms with Crippen LogP contribution in [0.25, 0.3) is 0 Å². The van der Waals surface area contributed by atoms with E-state index in [1.54, 1.807) is 24.5 Å². The van der Waals surface area contributed by atoms with Crippen molar-refractivity contribution >= 4 is 15.9 Å². The fourth-order valence-corrected chi connectivity index (χ4v) is 2.70. The maximum absolute atomic E-state index is 13.3. The fraction of sp³-hybridized carbons (Fsp3) is 0.312. The lowest BCUT2D eigenvalue weighted by Gasteiger charge is -2.27. The van der Waals surface area contributed by atoms with E-state index in [9.17, 15) is 4.39 Å². The van der Waals surface area contributed by atoms with E-state index in [0.717, 1.165) is 18.5 Å². The van der Waals surface area contributed by atoms with E-state index >= 15 is 0 Å². The molecule has 2 N–H and O–H groups in total. The van der Waals surface area contributed by atoms with Crippen molar-refractivity contribution in [1.29, 1.82) is 0 Å². The van der Waals surface area contributed by atoms with Gasteiger partial charge in [0.25, 0.3) is 0 Å².